The van der Waals surface area contributed by atoms with Gasteiger partial charge in [-0.3, -0.25) is 4.79 Å². The standard InChI is InChI=1S/C19H32O2/c1-2-3-4-5-6-7-8-9-10-11-12-13-14-15-16-17-18-19(20)21/h6-11H,2-5,12-18H2,1H3,(H,20,21). The molecule has 1 N–H and O–H groups in total. The Hall–Kier alpha value is -1.31. The van der Waals surface area contributed by atoms with Crippen molar-refractivity contribution < 1.29 is 9.90 Å². The van der Waals surface area contributed by atoms with Crippen molar-refractivity contribution in [2.75, 3.05) is 0 Å². The lowest BCUT2D eigenvalue weighted by Gasteiger charge is -1.97. The van der Waals surface area contributed by atoms with Gasteiger partial charge in [-0.1, -0.05) is 75.5 Å². The van der Waals surface area contributed by atoms with Gasteiger partial charge in [0.25, 0.3) is 0 Å². The lowest BCUT2D eigenvalue weighted by Crippen LogP contribution is -1.93. The molecule has 2 nitrogen and oxygen atoms in total. The molecule has 0 saturated carbocycles. The Morgan fingerprint density at radius 2 is 1.29 bits per heavy atom. The van der Waals surface area contributed by atoms with E-state index in [1.54, 1.807) is 0 Å². The zero-order chi connectivity index (χ0) is 15.6. The molecule has 0 heterocycles. The predicted molar refractivity (Wildman–Crippen MR) is 91.5 cm³/mol. The van der Waals surface area contributed by atoms with Crippen molar-refractivity contribution in [3.05, 3.63) is 36.5 Å². The molecule has 0 rings (SSSR count). The van der Waals surface area contributed by atoms with Gasteiger partial charge in [0, 0.05) is 6.42 Å². The summed E-state index contributed by atoms with van der Waals surface area (Å²) in [6, 6.07) is 0. The van der Waals surface area contributed by atoms with Crippen LogP contribution in [-0.4, -0.2) is 11.1 Å². The van der Waals surface area contributed by atoms with Gasteiger partial charge >= 0.3 is 5.97 Å². The van der Waals surface area contributed by atoms with E-state index in [4.69, 9.17) is 5.11 Å². The minimum Gasteiger partial charge on any atom is -0.481 e. The van der Waals surface area contributed by atoms with E-state index in [9.17, 15) is 4.79 Å². The molecule has 0 fully saturated rings. The largest absolute Gasteiger partial charge is 0.481 e. The summed E-state index contributed by atoms with van der Waals surface area (Å²) in [7, 11) is 0. The maximum absolute atomic E-state index is 10.3. The SMILES string of the molecule is CCCCCC=CC=CC=CCCCCCCCC(=O)O. The van der Waals surface area contributed by atoms with E-state index >= 15 is 0 Å². The number of carbonyl (C=O) groups is 1. The molecule has 0 radical (unpaired) electrons. The Morgan fingerprint density at radius 3 is 1.86 bits per heavy atom. The molecule has 0 aliphatic carbocycles. The Kier molecular flexibility index (Phi) is 15.7. The zero-order valence-corrected chi connectivity index (χ0v) is 13.6. The van der Waals surface area contributed by atoms with E-state index < -0.39 is 5.97 Å². The highest BCUT2D eigenvalue weighted by atomic mass is 16.4. The summed E-state index contributed by atoms with van der Waals surface area (Å²) < 4.78 is 0. The van der Waals surface area contributed by atoms with Crippen LogP contribution in [0.2, 0.25) is 0 Å². The molecular formula is C19H32O2. The molecule has 0 saturated heterocycles. The maximum atomic E-state index is 10.3. The monoisotopic (exact) mass is 292 g/mol. The first-order valence-electron chi connectivity index (χ1n) is 8.47. The van der Waals surface area contributed by atoms with Crippen molar-refractivity contribution in [2.45, 2.75) is 77.6 Å². The van der Waals surface area contributed by atoms with Gasteiger partial charge in [-0.25, -0.2) is 0 Å². The fourth-order valence-corrected chi connectivity index (χ4v) is 2.06. The zero-order valence-electron chi connectivity index (χ0n) is 13.6. The lowest BCUT2D eigenvalue weighted by molar-refractivity contribution is -0.137. The van der Waals surface area contributed by atoms with E-state index in [2.05, 4.69) is 43.4 Å². The van der Waals surface area contributed by atoms with Crippen molar-refractivity contribution in [3.8, 4) is 0 Å². The molecule has 0 amide bonds. The summed E-state index contributed by atoms with van der Waals surface area (Å²) in [6.45, 7) is 2.23. The van der Waals surface area contributed by atoms with Crippen LogP contribution in [0.4, 0.5) is 0 Å². The number of allylic oxidation sites excluding steroid dienone is 6. The summed E-state index contributed by atoms with van der Waals surface area (Å²) in [5.74, 6) is -0.677. The van der Waals surface area contributed by atoms with Crippen LogP contribution in [0, 0.1) is 0 Å². The van der Waals surface area contributed by atoms with Gasteiger partial charge in [0.1, 0.15) is 0 Å². The highest BCUT2D eigenvalue weighted by Crippen LogP contribution is 2.07. The Labute approximate surface area is 130 Å². The van der Waals surface area contributed by atoms with E-state index in [-0.39, 0.29) is 0 Å². The maximum Gasteiger partial charge on any atom is 0.303 e. The second kappa shape index (κ2) is 16.7. The first kappa shape index (κ1) is 19.7. The molecule has 0 unspecified atom stereocenters. The lowest BCUT2D eigenvalue weighted by atomic mass is 10.1. The van der Waals surface area contributed by atoms with E-state index in [1.807, 2.05) is 0 Å². The molecule has 0 aromatic rings. The van der Waals surface area contributed by atoms with Crippen molar-refractivity contribution in [2.24, 2.45) is 0 Å². The molecule has 0 aliphatic heterocycles. The average molecular weight is 292 g/mol. The molecule has 0 aliphatic rings. The number of hydrogen-bond donors (Lipinski definition) is 1. The fourth-order valence-electron chi connectivity index (χ4n) is 2.06. The average Bonchev–Trinajstić information content (AvgIpc) is 2.46. The third-order valence-electron chi connectivity index (χ3n) is 3.34. The van der Waals surface area contributed by atoms with E-state index in [0.717, 1.165) is 25.7 Å². The van der Waals surface area contributed by atoms with Gasteiger partial charge in [-0.2, -0.15) is 0 Å². The van der Waals surface area contributed by atoms with Crippen molar-refractivity contribution in [3.63, 3.8) is 0 Å². The molecule has 0 aromatic carbocycles. The molecule has 0 spiro atoms. The highest BCUT2D eigenvalue weighted by molar-refractivity contribution is 5.66. The van der Waals surface area contributed by atoms with Gasteiger partial charge < -0.3 is 5.11 Å². The highest BCUT2D eigenvalue weighted by Gasteiger charge is 1.95. The number of unbranched alkanes of at least 4 members (excludes halogenated alkanes) is 8. The fraction of sp³-hybridized carbons (Fsp3) is 0.632. The van der Waals surface area contributed by atoms with Gasteiger partial charge in [-0.05, 0) is 32.1 Å². The molecule has 21 heavy (non-hydrogen) atoms. The first-order valence-corrected chi connectivity index (χ1v) is 8.47. The smallest absolute Gasteiger partial charge is 0.303 e. The Balaban J connectivity index is 3.30. The van der Waals surface area contributed by atoms with Crippen molar-refractivity contribution in [1.82, 2.24) is 0 Å². The van der Waals surface area contributed by atoms with Crippen molar-refractivity contribution in [1.29, 1.82) is 0 Å². The third kappa shape index (κ3) is 18.7. The van der Waals surface area contributed by atoms with Crippen LogP contribution in [0.25, 0.3) is 0 Å². The van der Waals surface area contributed by atoms with Gasteiger partial charge in [0.15, 0.2) is 0 Å². The minimum atomic E-state index is -0.677. The quantitative estimate of drug-likeness (QED) is 0.312. The first-order chi connectivity index (χ1) is 10.3. The molecule has 2 heteroatoms. The van der Waals surface area contributed by atoms with Gasteiger partial charge in [0.05, 0.1) is 0 Å². The molecule has 120 valence electrons. The van der Waals surface area contributed by atoms with Crippen LogP contribution in [0.3, 0.4) is 0 Å². The molecule has 0 atom stereocenters. The van der Waals surface area contributed by atoms with E-state index in [1.165, 1.54) is 38.5 Å². The summed E-state index contributed by atoms with van der Waals surface area (Å²) in [4.78, 5) is 10.3. The third-order valence-corrected chi connectivity index (χ3v) is 3.34. The second-order valence-corrected chi connectivity index (χ2v) is 5.44. The Bertz CT molecular complexity index is 314. The van der Waals surface area contributed by atoms with Crippen LogP contribution in [0.15, 0.2) is 36.5 Å². The Morgan fingerprint density at radius 1 is 0.762 bits per heavy atom. The number of aliphatic carboxylic acids is 1. The predicted octanol–water partition coefficient (Wildman–Crippen LogP) is 6.05. The summed E-state index contributed by atoms with van der Waals surface area (Å²) in [5.41, 5.74) is 0. The summed E-state index contributed by atoms with van der Waals surface area (Å²) in [6.07, 6.45) is 24.8. The van der Waals surface area contributed by atoms with Crippen LogP contribution in [-0.2, 0) is 4.79 Å². The normalized spacial score (nSPS) is 12.0. The second-order valence-electron chi connectivity index (χ2n) is 5.44. The summed E-state index contributed by atoms with van der Waals surface area (Å²) >= 11 is 0. The number of carboxylic acid groups (broad SMARTS) is 1. The number of hydrogen-bond acceptors (Lipinski definition) is 1. The minimum absolute atomic E-state index is 0.316. The van der Waals surface area contributed by atoms with Crippen LogP contribution in [0.5, 0.6) is 0 Å². The van der Waals surface area contributed by atoms with Gasteiger partial charge in [-0.15, -0.1) is 0 Å². The number of carboxylic acids is 1. The number of rotatable bonds is 14. The van der Waals surface area contributed by atoms with Crippen LogP contribution < -0.4 is 0 Å². The van der Waals surface area contributed by atoms with Crippen LogP contribution in [0.1, 0.15) is 77.6 Å². The molecule has 0 bridgehead atoms. The summed E-state index contributed by atoms with van der Waals surface area (Å²) in [5, 5.41) is 8.51. The van der Waals surface area contributed by atoms with Crippen LogP contribution >= 0.6 is 0 Å². The van der Waals surface area contributed by atoms with Gasteiger partial charge in [0.2, 0.25) is 0 Å². The topological polar surface area (TPSA) is 37.3 Å². The van der Waals surface area contributed by atoms with Crippen molar-refractivity contribution >= 4 is 5.97 Å². The van der Waals surface area contributed by atoms with E-state index in [0.29, 0.717) is 6.42 Å². The molecule has 0 aromatic heterocycles. The molecular weight excluding hydrogens is 260 g/mol.